The molecule has 4 N–H and O–H groups in total. The van der Waals surface area contributed by atoms with Crippen molar-refractivity contribution in [2.45, 2.75) is 135 Å². The second-order valence-corrected chi connectivity index (χ2v) is 16.3. The summed E-state index contributed by atoms with van der Waals surface area (Å²) in [6.07, 6.45) is 3.48. The minimum atomic E-state index is -1.25. The van der Waals surface area contributed by atoms with Gasteiger partial charge in [0, 0.05) is 43.4 Å². The summed E-state index contributed by atoms with van der Waals surface area (Å²) in [5.41, 5.74) is 6.32. The first kappa shape index (κ1) is 43.9. The van der Waals surface area contributed by atoms with Crippen LogP contribution < -0.4 is 16.4 Å². The largest absolute Gasteiger partial charge is 0.458 e. The third kappa shape index (κ3) is 10.3. The number of rotatable bonds is 13. The van der Waals surface area contributed by atoms with Crippen LogP contribution in [0, 0.1) is 17.8 Å². The van der Waals surface area contributed by atoms with Crippen molar-refractivity contribution in [1.82, 2.24) is 30.5 Å². The van der Waals surface area contributed by atoms with E-state index in [1.54, 1.807) is 30.5 Å². The van der Waals surface area contributed by atoms with E-state index in [4.69, 9.17) is 19.9 Å². The first-order valence-electron chi connectivity index (χ1n) is 20.0. The average Bonchev–Trinajstić information content (AvgIpc) is 3.73. The van der Waals surface area contributed by atoms with Crippen molar-refractivity contribution in [1.29, 1.82) is 0 Å². The van der Waals surface area contributed by atoms with Gasteiger partial charge in [-0.1, -0.05) is 38.1 Å². The number of ketones is 2. The number of hydrogen-bond donors (Lipinski definition) is 3. The Hall–Kier alpha value is -3.82. The van der Waals surface area contributed by atoms with E-state index in [0.29, 0.717) is 64.0 Å². The lowest BCUT2D eigenvalue weighted by atomic mass is 9.62. The Morgan fingerprint density at radius 2 is 1.89 bits per heavy atom. The molecule has 1 aromatic heterocycles. The smallest absolute Gasteiger partial charge is 0.410 e. The van der Waals surface area contributed by atoms with Gasteiger partial charge in [-0.15, -0.1) is 5.10 Å². The second-order valence-electron chi connectivity index (χ2n) is 16.3. The fourth-order valence-electron chi connectivity index (χ4n) is 8.30. The lowest BCUT2D eigenvalue weighted by Crippen LogP contribution is -2.62. The van der Waals surface area contributed by atoms with E-state index in [1.165, 1.54) is 0 Å². The van der Waals surface area contributed by atoms with Crippen molar-refractivity contribution >= 4 is 37.2 Å². The Labute approximate surface area is 327 Å². The van der Waals surface area contributed by atoms with Gasteiger partial charge >= 0.3 is 12.1 Å². The van der Waals surface area contributed by atoms with Crippen LogP contribution in [-0.2, 0) is 35.1 Å². The number of ether oxygens (including phenoxy) is 3. The van der Waals surface area contributed by atoms with Crippen LogP contribution in [0.5, 0.6) is 0 Å². The van der Waals surface area contributed by atoms with Gasteiger partial charge in [-0.25, -0.2) is 4.79 Å². The Morgan fingerprint density at radius 3 is 2.55 bits per heavy atom. The van der Waals surface area contributed by atoms with Crippen LogP contribution in [0.3, 0.4) is 0 Å². The number of cyclic esters (lactones) is 1. The molecule has 1 aromatic carbocycles. The van der Waals surface area contributed by atoms with Crippen molar-refractivity contribution in [3.05, 3.63) is 30.5 Å². The number of amides is 1. The zero-order valence-corrected chi connectivity index (χ0v) is 34.6. The standard InChI is InChI=1S/C40H64BN7O7/c1-10-33-40(8)36(48(38(52)55-40)19-12-11-18-47-23-32(45-46-47)29-14-13-15-30(42)20-29)31(16-17-43-27(5)28(6)49)44-22-24(2)21-39(7,53-9)35(41)25(3)34(50)26(4)37(51)54-33/h13-15,20,23-27,31,33,35-36,43-44H,10-12,16-19,21-22,41-42H2,1-9H3/t24-,25+,26-,27-,31-,33-,35-,36-,39-,40-/m1/s1. The molecule has 2 fully saturated rings. The fourth-order valence-corrected chi connectivity index (χ4v) is 8.30. The van der Waals surface area contributed by atoms with Crippen molar-refractivity contribution in [3.63, 3.8) is 0 Å². The van der Waals surface area contributed by atoms with E-state index in [0.717, 1.165) is 11.3 Å². The summed E-state index contributed by atoms with van der Waals surface area (Å²) in [5.74, 6) is -2.37. The molecule has 14 nitrogen and oxygen atoms in total. The highest BCUT2D eigenvalue weighted by atomic mass is 16.6. The summed E-state index contributed by atoms with van der Waals surface area (Å²) in [5, 5.41) is 15.8. The average molecular weight is 766 g/mol. The van der Waals surface area contributed by atoms with Gasteiger partial charge in [-0.2, -0.15) is 0 Å². The highest BCUT2D eigenvalue weighted by Crippen LogP contribution is 2.41. The number of methoxy groups -OCH3 is 1. The summed E-state index contributed by atoms with van der Waals surface area (Å²) >= 11 is 0. The number of esters is 1. The SMILES string of the molecule is B[C@@H]1[C@@H](C)C(=O)[C@@H](C)C(=O)O[C@H](CC)[C@@]2(C)OC(=O)N(CCCCn3cc(-c4cccc(N)c4)nn3)[C@@H]2[C@@H](CCN[C@H](C)C(C)=O)NC[C@H](C)C[C@@]1(C)OC. The maximum atomic E-state index is 14.0. The molecule has 0 bridgehead atoms. The molecule has 4 rings (SSSR count). The predicted octanol–water partition coefficient (Wildman–Crippen LogP) is 3.83. The number of Topliss-reactive ketones (excluding diaryl/α,β-unsaturated/α-hetero) is 2. The van der Waals surface area contributed by atoms with Crippen LogP contribution in [0.4, 0.5) is 10.5 Å². The number of anilines is 1. The molecule has 55 heavy (non-hydrogen) atoms. The molecular weight excluding hydrogens is 701 g/mol. The van der Waals surface area contributed by atoms with Crippen LogP contribution in [-0.4, -0.2) is 114 Å². The Morgan fingerprint density at radius 1 is 1.18 bits per heavy atom. The molecule has 0 aliphatic carbocycles. The number of carbonyl (C=O) groups is 4. The van der Waals surface area contributed by atoms with E-state index < -0.39 is 47.2 Å². The Balaban J connectivity index is 1.65. The first-order valence-corrected chi connectivity index (χ1v) is 20.0. The lowest BCUT2D eigenvalue weighted by Gasteiger charge is -2.42. The first-order chi connectivity index (χ1) is 25.9. The van der Waals surface area contributed by atoms with Gasteiger partial charge in [0.05, 0.1) is 23.9 Å². The van der Waals surface area contributed by atoms with Crippen molar-refractivity contribution in [2.24, 2.45) is 17.8 Å². The third-order valence-electron chi connectivity index (χ3n) is 12.3. The van der Waals surface area contributed by atoms with Crippen LogP contribution in [0.15, 0.2) is 30.5 Å². The van der Waals surface area contributed by atoms with E-state index in [2.05, 4.69) is 27.9 Å². The van der Waals surface area contributed by atoms with Crippen LogP contribution in [0.2, 0.25) is 5.82 Å². The molecule has 304 valence electrons. The van der Waals surface area contributed by atoms with Gasteiger partial charge in [0.1, 0.15) is 37.1 Å². The van der Waals surface area contributed by atoms with Gasteiger partial charge in [0.25, 0.3) is 0 Å². The molecule has 3 heterocycles. The maximum Gasteiger partial charge on any atom is 0.410 e. The molecule has 2 aromatic rings. The topological polar surface area (TPSA) is 180 Å². The molecule has 2 saturated heterocycles. The molecule has 10 atom stereocenters. The fraction of sp³-hybridized carbons (Fsp3) is 0.700. The van der Waals surface area contributed by atoms with Gasteiger partial charge in [0.15, 0.2) is 5.60 Å². The Kier molecular flexibility index (Phi) is 15.1. The van der Waals surface area contributed by atoms with Gasteiger partial charge < -0.3 is 30.6 Å². The van der Waals surface area contributed by atoms with Crippen molar-refractivity contribution < 1.29 is 33.4 Å². The van der Waals surface area contributed by atoms with Crippen LogP contribution in [0.1, 0.15) is 87.5 Å². The minimum Gasteiger partial charge on any atom is -0.458 e. The quantitative estimate of drug-likeness (QED) is 0.0884. The van der Waals surface area contributed by atoms with Gasteiger partial charge in [0.2, 0.25) is 0 Å². The van der Waals surface area contributed by atoms with E-state index in [1.807, 2.05) is 72.9 Å². The zero-order valence-electron chi connectivity index (χ0n) is 34.6. The minimum absolute atomic E-state index is 0.0331. The van der Waals surface area contributed by atoms with Gasteiger partial charge in [-0.3, -0.25) is 24.0 Å². The number of nitrogens with one attached hydrogen (secondary N) is 2. The summed E-state index contributed by atoms with van der Waals surface area (Å²) in [7, 11) is 3.67. The molecule has 2 aliphatic heterocycles. The summed E-state index contributed by atoms with van der Waals surface area (Å²) < 4.78 is 20.4. The number of benzene rings is 1. The number of aromatic nitrogens is 3. The summed E-state index contributed by atoms with van der Waals surface area (Å²) in [6.45, 7) is 16.8. The van der Waals surface area contributed by atoms with E-state index in [9.17, 15) is 19.2 Å². The molecule has 0 spiro atoms. The number of nitrogens with zero attached hydrogens (tertiary/aromatic N) is 4. The number of carbonyl (C=O) groups excluding carboxylic acids is 4. The van der Waals surface area contributed by atoms with E-state index >= 15 is 0 Å². The highest BCUT2D eigenvalue weighted by molar-refractivity contribution is 6.15. The molecule has 1 amide bonds. The van der Waals surface area contributed by atoms with Crippen molar-refractivity contribution in [2.75, 3.05) is 32.5 Å². The predicted molar refractivity (Wildman–Crippen MR) is 214 cm³/mol. The lowest BCUT2D eigenvalue weighted by molar-refractivity contribution is -0.170. The maximum absolute atomic E-state index is 14.0. The number of unbranched alkanes of at least 4 members (excludes halogenated alkanes) is 1. The Bertz CT molecular complexity index is 1640. The number of aryl methyl sites for hydroxylation is 1. The molecular formula is C40H64BN7O7. The molecule has 0 unspecified atom stereocenters. The van der Waals surface area contributed by atoms with Crippen LogP contribution >= 0.6 is 0 Å². The monoisotopic (exact) mass is 765 g/mol. The number of hydrogen-bond acceptors (Lipinski definition) is 12. The zero-order chi connectivity index (χ0) is 40.7. The molecule has 2 aliphatic rings. The summed E-state index contributed by atoms with van der Waals surface area (Å²) in [6, 6.07) is 6.29. The highest BCUT2D eigenvalue weighted by Gasteiger charge is 2.59. The van der Waals surface area contributed by atoms with Crippen LogP contribution in [0.25, 0.3) is 11.3 Å². The van der Waals surface area contributed by atoms with Crippen molar-refractivity contribution in [3.8, 4) is 11.3 Å². The normalized spacial score (nSPS) is 31.5. The second kappa shape index (κ2) is 18.9. The summed E-state index contributed by atoms with van der Waals surface area (Å²) in [4.78, 5) is 55.5. The molecule has 0 radical (unpaired) electrons. The molecule has 15 heteroatoms. The number of nitrogens with two attached hydrogens (primary N) is 1. The number of fused-ring (bicyclic) bond motifs is 1. The van der Waals surface area contributed by atoms with E-state index in [-0.39, 0.29) is 35.4 Å². The number of nitrogen functional groups attached to an aromatic ring is 1. The third-order valence-corrected chi connectivity index (χ3v) is 12.3. The molecule has 0 saturated carbocycles. The van der Waals surface area contributed by atoms with Gasteiger partial charge in [-0.05, 0) is 104 Å².